The maximum absolute atomic E-state index is 6.00. The van der Waals surface area contributed by atoms with Crippen LogP contribution in [0.15, 0.2) is 24.3 Å². The highest BCUT2D eigenvalue weighted by molar-refractivity contribution is 5.29. The second kappa shape index (κ2) is 5.93. The Morgan fingerprint density at radius 2 is 2.05 bits per heavy atom. The molecule has 19 heavy (non-hydrogen) atoms. The molecule has 2 aliphatic rings. The first kappa shape index (κ1) is 12.9. The lowest BCUT2D eigenvalue weighted by atomic mass is 9.91. The molecular weight excluding hydrogens is 236 g/mol. The summed E-state index contributed by atoms with van der Waals surface area (Å²) in [6, 6.07) is 8.69. The fraction of sp³-hybridized carbons (Fsp3) is 0.625. The number of nitrogens with one attached hydrogen (secondary N) is 1. The van der Waals surface area contributed by atoms with E-state index in [-0.39, 0.29) is 0 Å². The van der Waals surface area contributed by atoms with Crippen molar-refractivity contribution in [2.24, 2.45) is 5.92 Å². The zero-order chi connectivity index (χ0) is 13.1. The molecule has 3 nitrogen and oxygen atoms in total. The summed E-state index contributed by atoms with van der Waals surface area (Å²) in [5.74, 6) is 1.89. The van der Waals surface area contributed by atoms with Crippen LogP contribution in [0.3, 0.4) is 0 Å². The van der Waals surface area contributed by atoms with Crippen molar-refractivity contribution in [3.8, 4) is 5.75 Å². The average Bonchev–Trinajstić information content (AvgIpc) is 2.39. The molecule has 1 N–H and O–H groups in total. The third-order valence-corrected chi connectivity index (χ3v) is 4.21. The normalized spacial score (nSPS) is 22.2. The van der Waals surface area contributed by atoms with Gasteiger partial charge in [0, 0.05) is 13.1 Å². The van der Waals surface area contributed by atoms with Crippen LogP contribution in [0.2, 0.25) is 0 Å². The minimum Gasteiger partial charge on any atom is -0.488 e. The molecule has 1 aromatic carbocycles. The number of rotatable bonds is 4. The summed E-state index contributed by atoms with van der Waals surface area (Å²) in [6.07, 6.45) is 4.19. The molecule has 3 heteroatoms. The third kappa shape index (κ3) is 3.48. The Kier molecular flexibility index (Phi) is 4.04. The largest absolute Gasteiger partial charge is 0.488 e. The van der Waals surface area contributed by atoms with E-state index in [1.165, 1.54) is 37.9 Å². The fourth-order valence-corrected chi connectivity index (χ4v) is 3.07. The Hall–Kier alpha value is -1.06. The van der Waals surface area contributed by atoms with E-state index >= 15 is 0 Å². The summed E-state index contributed by atoms with van der Waals surface area (Å²) < 4.78 is 6.00. The van der Waals surface area contributed by atoms with Crippen LogP contribution in [0.1, 0.15) is 18.4 Å². The summed E-state index contributed by atoms with van der Waals surface area (Å²) in [4.78, 5) is 2.28. The fourth-order valence-electron chi connectivity index (χ4n) is 3.07. The lowest BCUT2D eigenvalue weighted by Crippen LogP contribution is -2.51. The van der Waals surface area contributed by atoms with E-state index in [9.17, 15) is 0 Å². The topological polar surface area (TPSA) is 24.5 Å². The van der Waals surface area contributed by atoms with Gasteiger partial charge in [-0.2, -0.15) is 0 Å². The van der Waals surface area contributed by atoms with Crippen LogP contribution in [0.4, 0.5) is 0 Å². The molecule has 104 valence electrons. The number of piperidine rings is 1. The van der Waals surface area contributed by atoms with Gasteiger partial charge >= 0.3 is 0 Å². The lowest BCUT2D eigenvalue weighted by molar-refractivity contribution is 0.0388. The van der Waals surface area contributed by atoms with Gasteiger partial charge in [0.1, 0.15) is 11.9 Å². The van der Waals surface area contributed by atoms with E-state index in [0.29, 0.717) is 6.10 Å². The molecular formula is C16H24N2O. The lowest BCUT2D eigenvalue weighted by Gasteiger charge is -2.36. The van der Waals surface area contributed by atoms with Gasteiger partial charge in [-0.05, 0) is 63.0 Å². The minimum atomic E-state index is 0.388. The second-order valence-corrected chi connectivity index (χ2v) is 6.01. The summed E-state index contributed by atoms with van der Waals surface area (Å²) in [5.41, 5.74) is 1.43. The van der Waals surface area contributed by atoms with Crippen molar-refractivity contribution in [3.05, 3.63) is 29.8 Å². The van der Waals surface area contributed by atoms with Gasteiger partial charge < -0.3 is 10.1 Å². The first-order valence-corrected chi connectivity index (χ1v) is 7.44. The molecule has 0 aliphatic carbocycles. The number of hydrogen-bond donors (Lipinski definition) is 1. The molecule has 2 fully saturated rings. The molecule has 0 unspecified atom stereocenters. The van der Waals surface area contributed by atoms with E-state index in [1.54, 1.807) is 0 Å². The predicted octanol–water partition coefficient (Wildman–Crippen LogP) is 1.92. The maximum Gasteiger partial charge on any atom is 0.124 e. The van der Waals surface area contributed by atoms with Crippen molar-refractivity contribution in [1.82, 2.24) is 10.2 Å². The van der Waals surface area contributed by atoms with Crippen LogP contribution in [-0.4, -0.2) is 44.2 Å². The molecule has 2 saturated heterocycles. The van der Waals surface area contributed by atoms with Crippen LogP contribution in [0.25, 0.3) is 0 Å². The van der Waals surface area contributed by atoms with Gasteiger partial charge in [0.2, 0.25) is 0 Å². The molecule has 0 aromatic heterocycles. The summed E-state index contributed by atoms with van der Waals surface area (Å²) in [5, 5.41) is 3.43. The van der Waals surface area contributed by atoms with Gasteiger partial charge in [0.25, 0.3) is 0 Å². The molecule has 2 heterocycles. The highest BCUT2D eigenvalue weighted by Gasteiger charge is 2.24. The summed E-state index contributed by atoms with van der Waals surface area (Å²) in [7, 11) is 2.13. The molecule has 0 saturated carbocycles. The van der Waals surface area contributed by atoms with Crippen molar-refractivity contribution in [3.63, 3.8) is 0 Å². The molecule has 0 atom stereocenters. The van der Waals surface area contributed by atoms with E-state index in [1.807, 2.05) is 0 Å². The smallest absolute Gasteiger partial charge is 0.124 e. The van der Waals surface area contributed by atoms with Gasteiger partial charge in [-0.1, -0.05) is 12.1 Å². The number of hydrogen-bond acceptors (Lipinski definition) is 3. The maximum atomic E-state index is 6.00. The van der Waals surface area contributed by atoms with Crippen LogP contribution in [0, 0.1) is 5.92 Å². The highest BCUT2D eigenvalue weighted by Crippen LogP contribution is 2.23. The first-order valence-electron chi connectivity index (χ1n) is 7.44. The highest BCUT2D eigenvalue weighted by atomic mass is 16.5. The molecule has 3 rings (SSSR count). The van der Waals surface area contributed by atoms with Crippen molar-refractivity contribution in [2.75, 3.05) is 33.2 Å². The van der Waals surface area contributed by atoms with E-state index in [0.717, 1.165) is 24.8 Å². The SMILES string of the molecule is CN1CC(Oc2cccc(CC3CCNCC3)c2)C1. The molecule has 0 bridgehead atoms. The van der Waals surface area contributed by atoms with E-state index in [4.69, 9.17) is 4.74 Å². The summed E-state index contributed by atoms with van der Waals surface area (Å²) >= 11 is 0. The Morgan fingerprint density at radius 3 is 2.79 bits per heavy atom. The minimum absolute atomic E-state index is 0.388. The Labute approximate surface area is 115 Å². The quantitative estimate of drug-likeness (QED) is 0.895. The molecule has 0 spiro atoms. The van der Waals surface area contributed by atoms with Crippen molar-refractivity contribution in [2.45, 2.75) is 25.4 Å². The van der Waals surface area contributed by atoms with Crippen molar-refractivity contribution < 1.29 is 4.74 Å². The van der Waals surface area contributed by atoms with E-state index in [2.05, 4.69) is 41.5 Å². The van der Waals surface area contributed by atoms with Crippen LogP contribution in [0.5, 0.6) is 5.75 Å². The Bertz CT molecular complexity index is 409. The van der Waals surface area contributed by atoms with Gasteiger partial charge in [-0.25, -0.2) is 0 Å². The van der Waals surface area contributed by atoms with Gasteiger partial charge in [0.15, 0.2) is 0 Å². The zero-order valence-corrected chi connectivity index (χ0v) is 11.8. The van der Waals surface area contributed by atoms with Crippen molar-refractivity contribution >= 4 is 0 Å². The third-order valence-electron chi connectivity index (χ3n) is 4.21. The Morgan fingerprint density at radius 1 is 1.26 bits per heavy atom. The molecule has 1 aromatic rings. The second-order valence-electron chi connectivity index (χ2n) is 6.01. The van der Waals surface area contributed by atoms with Crippen LogP contribution in [-0.2, 0) is 6.42 Å². The predicted molar refractivity (Wildman–Crippen MR) is 77.7 cm³/mol. The van der Waals surface area contributed by atoms with E-state index < -0.39 is 0 Å². The summed E-state index contributed by atoms with van der Waals surface area (Å²) in [6.45, 7) is 4.46. The van der Waals surface area contributed by atoms with Gasteiger partial charge in [-0.15, -0.1) is 0 Å². The number of benzene rings is 1. The number of likely N-dealkylation sites (N-methyl/N-ethyl adjacent to an activating group) is 1. The number of nitrogens with zero attached hydrogens (tertiary/aromatic N) is 1. The molecule has 0 radical (unpaired) electrons. The Balaban J connectivity index is 1.56. The molecule has 0 amide bonds. The number of likely N-dealkylation sites (tertiary alicyclic amines) is 1. The molecule has 2 aliphatic heterocycles. The monoisotopic (exact) mass is 260 g/mol. The zero-order valence-electron chi connectivity index (χ0n) is 11.8. The van der Waals surface area contributed by atoms with Crippen LogP contribution < -0.4 is 10.1 Å². The van der Waals surface area contributed by atoms with Crippen molar-refractivity contribution in [1.29, 1.82) is 0 Å². The average molecular weight is 260 g/mol. The number of ether oxygens (including phenoxy) is 1. The van der Waals surface area contributed by atoms with Gasteiger partial charge in [0.05, 0.1) is 0 Å². The van der Waals surface area contributed by atoms with Crippen LogP contribution >= 0.6 is 0 Å². The van der Waals surface area contributed by atoms with Gasteiger partial charge in [-0.3, -0.25) is 4.90 Å². The first-order chi connectivity index (χ1) is 9.29. The standard InChI is InChI=1S/C16H24N2O/c1-18-11-16(12-18)19-15-4-2-3-14(10-15)9-13-5-7-17-8-6-13/h2-4,10,13,16-17H,5-9,11-12H2,1H3.